The predicted octanol–water partition coefficient (Wildman–Crippen LogP) is 7.03. The Bertz CT molecular complexity index is 1740. The van der Waals surface area contributed by atoms with Crippen LogP contribution in [0.2, 0.25) is 0 Å². The molecule has 31 heavy (non-hydrogen) atoms. The third-order valence-corrected chi connectivity index (χ3v) is 6.26. The van der Waals surface area contributed by atoms with Crippen molar-refractivity contribution in [3.63, 3.8) is 0 Å². The van der Waals surface area contributed by atoms with Crippen LogP contribution in [0.3, 0.4) is 0 Å². The molecule has 0 N–H and O–H groups in total. The van der Waals surface area contributed by atoms with E-state index in [2.05, 4.69) is 95.6 Å². The first-order chi connectivity index (χ1) is 15.4. The number of aromatic nitrogens is 3. The highest BCUT2D eigenvalue weighted by Gasteiger charge is 2.19. The van der Waals surface area contributed by atoms with Gasteiger partial charge in [0.2, 0.25) is 0 Å². The lowest BCUT2D eigenvalue weighted by Crippen LogP contribution is -1.95. The third kappa shape index (κ3) is 2.18. The van der Waals surface area contributed by atoms with Crippen molar-refractivity contribution in [2.75, 3.05) is 0 Å². The predicted molar refractivity (Wildman–Crippen MR) is 129 cm³/mol. The van der Waals surface area contributed by atoms with E-state index < -0.39 is 0 Å². The quantitative estimate of drug-likeness (QED) is 0.279. The molecule has 0 bridgehead atoms. The molecule has 0 radical (unpaired) electrons. The zero-order valence-electron chi connectivity index (χ0n) is 16.7. The van der Waals surface area contributed by atoms with E-state index in [0.29, 0.717) is 0 Å². The van der Waals surface area contributed by atoms with Crippen molar-refractivity contribution in [1.82, 2.24) is 14.5 Å². The van der Waals surface area contributed by atoms with Crippen LogP contribution in [0, 0.1) is 0 Å². The highest BCUT2D eigenvalue weighted by Crippen LogP contribution is 2.41. The van der Waals surface area contributed by atoms with Gasteiger partial charge >= 0.3 is 0 Å². The van der Waals surface area contributed by atoms with E-state index >= 15 is 0 Å². The molecule has 7 rings (SSSR count). The average Bonchev–Trinajstić information content (AvgIpc) is 3.19. The van der Waals surface area contributed by atoms with Crippen molar-refractivity contribution in [3.05, 3.63) is 103 Å². The summed E-state index contributed by atoms with van der Waals surface area (Å²) in [5.41, 5.74) is 5.42. The lowest BCUT2D eigenvalue weighted by atomic mass is 9.97. The summed E-state index contributed by atoms with van der Waals surface area (Å²) in [7, 11) is 0. The first-order valence-corrected chi connectivity index (χ1v) is 10.4. The summed E-state index contributed by atoms with van der Waals surface area (Å²) in [5.74, 6) is 0. The van der Waals surface area contributed by atoms with Crippen molar-refractivity contribution in [3.8, 4) is 5.69 Å². The van der Waals surface area contributed by atoms with Crippen LogP contribution in [0.5, 0.6) is 0 Å². The molecular weight excluding hydrogens is 378 g/mol. The number of benzene rings is 5. The van der Waals surface area contributed by atoms with Crippen LogP contribution in [0.4, 0.5) is 0 Å². The molecule has 0 atom stereocenters. The molecular formula is C28H17N3. The fourth-order valence-electron chi connectivity index (χ4n) is 5.01. The van der Waals surface area contributed by atoms with Gasteiger partial charge < -0.3 is 4.57 Å². The molecule has 0 aliphatic rings. The van der Waals surface area contributed by atoms with E-state index in [9.17, 15) is 0 Å². The number of hydrogen-bond acceptors (Lipinski definition) is 2. The van der Waals surface area contributed by atoms with Crippen LogP contribution in [0.15, 0.2) is 103 Å². The Balaban J connectivity index is 1.86. The summed E-state index contributed by atoms with van der Waals surface area (Å²) in [6, 6.07) is 32.2. The van der Waals surface area contributed by atoms with E-state index in [1.54, 1.807) is 12.4 Å². The van der Waals surface area contributed by atoms with Gasteiger partial charge in [-0.25, -0.2) is 0 Å². The molecule has 3 heteroatoms. The molecule has 0 saturated heterocycles. The zero-order chi connectivity index (χ0) is 20.4. The van der Waals surface area contributed by atoms with Crippen LogP contribution in [0.1, 0.15) is 0 Å². The fraction of sp³-hybridized carbons (Fsp3) is 0. The van der Waals surface area contributed by atoms with Gasteiger partial charge in [-0.3, -0.25) is 9.97 Å². The van der Waals surface area contributed by atoms with Gasteiger partial charge in [0.1, 0.15) is 0 Å². The summed E-state index contributed by atoms with van der Waals surface area (Å²) < 4.78 is 2.37. The van der Waals surface area contributed by atoms with Crippen molar-refractivity contribution in [1.29, 1.82) is 0 Å². The Morgan fingerprint density at radius 1 is 0.484 bits per heavy atom. The summed E-state index contributed by atoms with van der Waals surface area (Å²) in [5, 5.41) is 7.18. The second-order valence-corrected chi connectivity index (χ2v) is 7.87. The smallest absolute Gasteiger partial charge is 0.0993 e. The van der Waals surface area contributed by atoms with Gasteiger partial charge in [0.15, 0.2) is 0 Å². The number of para-hydroxylation sites is 2. The van der Waals surface area contributed by atoms with Crippen molar-refractivity contribution in [2.24, 2.45) is 0 Å². The lowest BCUT2D eigenvalue weighted by molar-refractivity contribution is 1.19. The third-order valence-electron chi connectivity index (χ3n) is 6.26. The molecule has 0 aliphatic carbocycles. The van der Waals surface area contributed by atoms with Crippen molar-refractivity contribution >= 4 is 54.4 Å². The van der Waals surface area contributed by atoms with Crippen LogP contribution < -0.4 is 0 Å². The van der Waals surface area contributed by atoms with Gasteiger partial charge in [0.25, 0.3) is 0 Å². The Morgan fingerprint density at radius 3 is 1.97 bits per heavy atom. The Kier molecular flexibility index (Phi) is 3.27. The summed E-state index contributed by atoms with van der Waals surface area (Å²) in [4.78, 5) is 9.59. The number of fused-ring (bicyclic) bond motifs is 10. The summed E-state index contributed by atoms with van der Waals surface area (Å²) >= 11 is 0. The van der Waals surface area contributed by atoms with Gasteiger partial charge in [-0.15, -0.1) is 0 Å². The van der Waals surface area contributed by atoms with Crippen molar-refractivity contribution in [2.45, 2.75) is 0 Å². The van der Waals surface area contributed by atoms with Gasteiger partial charge in [-0.05, 0) is 29.0 Å². The first kappa shape index (κ1) is 16.5. The SMILES string of the molecule is c1ccc(-n2c3ccccc3c3ccc4c5ccccc5c5nccnc5c4c32)cc1. The molecule has 144 valence electrons. The molecule has 0 fully saturated rings. The molecule has 5 aromatic carbocycles. The second kappa shape index (κ2) is 6.13. The van der Waals surface area contributed by atoms with E-state index in [1.165, 1.54) is 32.6 Å². The average molecular weight is 395 g/mol. The summed E-state index contributed by atoms with van der Waals surface area (Å²) in [6.07, 6.45) is 3.58. The van der Waals surface area contributed by atoms with Crippen LogP contribution in [0.25, 0.3) is 60.1 Å². The van der Waals surface area contributed by atoms with Crippen LogP contribution in [-0.2, 0) is 0 Å². The van der Waals surface area contributed by atoms with Gasteiger partial charge in [-0.1, -0.05) is 72.8 Å². The Hall–Kier alpha value is -4.24. The Labute approximate surface area is 178 Å². The molecule has 0 saturated carbocycles. The standard InChI is InChI=1S/C28H17N3/c1-2-8-18(9-3-1)31-24-13-7-6-11-20(24)23-15-14-21-19-10-4-5-12-22(19)26-27(25(21)28(23)31)30-17-16-29-26/h1-17H. The van der Waals surface area contributed by atoms with E-state index in [0.717, 1.165) is 27.5 Å². The Morgan fingerprint density at radius 2 is 1.13 bits per heavy atom. The minimum absolute atomic E-state index is 0.946. The van der Waals surface area contributed by atoms with E-state index in [4.69, 9.17) is 9.97 Å². The minimum atomic E-state index is 0.946. The minimum Gasteiger partial charge on any atom is -0.309 e. The largest absolute Gasteiger partial charge is 0.309 e. The molecule has 0 amide bonds. The van der Waals surface area contributed by atoms with Crippen LogP contribution >= 0.6 is 0 Å². The van der Waals surface area contributed by atoms with Gasteiger partial charge in [0.05, 0.1) is 22.1 Å². The molecule has 7 aromatic rings. The lowest BCUT2D eigenvalue weighted by Gasteiger charge is -2.13. The van der Waals surface area contributed by atoms with Crippen LogP contribution in [-0.4, -0.2) is 14.5 Å². The zero-order valence-corrected chi connectivity index (χ0v) is 16.7. The molecule has 0 aliphatic heterocycles. The maximum Gasteiger partial charge on any atom is 0.0993 e. The molecule has 0 spiro atoms. The van der Waals surface area contributed by atoms with E-state index in [1.807, 2.05) is 0 Å². The fourth-order valence-corrected chi connectivity index (χ4v) is 5.01. The maximum absolute atomic E-state index is 4.84. The highest BCUT2D eigenvalue weighted by atomic mass is 15.0. The summed E-state index contributed by atoms with van der Waals surface area (Å²) in [6.45, 7) is 0. The molecule has 3 nitrogen and oxygen atoms in total. The van der Waals surface area contributed by atoms with Gasteiger partial charge in [-0.2, -0.15) is 0 Å². The normalized spacial score (nSPS) is 11.9. The maximum atomic E-state index is 4.84. The molecule has 2 aromatic heterocycles. The monoisotopic (exact) mass is 395 g/mol. The second-order valence-electron chi connectivity index (χ2n) is 7.87. The number of nitrogens with zero attached hydrogens (tertiary/aromatic N) is 3. The number of hydrogen-bond donors (Lipinski definition) is 0. The first-order valence-electron chi connectivity index (χ1n) is 10.4. The molecule has 2 heterocycles. The highest BCUT2D eigenvalue weighted by molar-refractivity contribution is 6.31. The van der Waals surface area contributed by atoms with E-state index in [-0.39, 0.29) is 0 Å². The van der Waals surface area contributed by atoms with Crippen molar-refractivity contribution < 1.29 is 0 Å². The topological polar surface area (TPSA) is 30.7 Å². The van der Waals surface area contributed by atoms with Gasteiger partial charge in [0, 0.05) is 39.6 Å². The number of rotatable bonds is 1. The molecule has 0 unspecified atom stereocenters.